The summed E-state index contributed by atoms with van der Waals surface area (Å²) in [6, 6.07) is -1.10. The molecule has 0 heterocycles. The Morgan fingerprint density at radius 3 is 2.55 bits per heavy atom. The SMILES string of the molecule is CC(C)C[C@@H](O)C(=O)N[C@@H](C(=O)O)[C@@H]1CCCC(=O)C1. The normalized spacial score (nSPS) is 22.4. The molecule has 0 aromatic rings. The molecule has 0 spiro atoms. The first kappa shape index (κ1) is 16.6. The molecule has 3 atom stereocenters. The number of carbonyl (C=O) groups excluding carboxylic acids is 2. The first-order chi connectivity index (χ1) is 9.31. The topological polar surface area (TPSA) is 104 Å². The molecule has 1 amide bonds. The van der Waals surface area contributed by atoms with Crippen LogP contribution in [0, 0.1) is 11.8 Å². The maximum absolute atomic E-state index is 11.8. The van der Waals surface area contributed by atoms with Gasteiger partial charge >= 0.3 is 5.97 Å². The lowest BCUT2D eigenvalue weighted by molar-refractivity contribution is -0.146. The first-order valence-electron chi connectivity index (χ1n) is 7.04. The van der Waals surface area contributed by atoms with Gasteiger partial charge in [-0.15, -0.1) is 0 Å². The molecule has 6 nitrogen and oxygen atoms in total. The zero-order chi connectivity index (χ0) is 15.3. The number of amides is 1. The molecule has 6 heteroatoms. The Morgan fingerprint density at radius 1 is 1.40 bits per heavy atom. The van der Waals surface area contributed by atoms with E-state index in [0.29, 0.717) is 19.3 Å². The average molecular weight is 285 g/mol. The largest absolute Gasteiger partial charge is 0.480 e. The Bertz CT molecular complexity index is 380. The molecule has 0 unspecified atom stereocenters. The molecule has 0 radical (unpaired) electrons. The average Bonchev–Trinajstić information content (AvgIpc) is 2.34. The molecule has 0 aromatic heterocycles. The van der Waals surface area contributed by atoms with Crippen LogP contribution >= 0.6 is 0 Å². The van der Waals surface area contributed by atoms with Crippen LogP contribution < -0.4 is 5.32 Å². The van der Waals surface area contributed by atoms with Crippen LogP contribution in [-0.4, -0.2) is 40.0 Å². The van der Waals surface area contributed by atoms with E-state index in [4.69, 9.17) is 0 Å². The molecule has 0 aromatic carbocycles. The third-order valence-corrected chi connectivity index (χ3v) is 3.55. The number of carboxylic acids is 1. The van der Waals surface area contributed by atoms with Crippen molar-refractivity contribution in [3.05, 3.63) is 0 Å². The zero-order valence-corrected chi connectivity index (χ0v) is 12.0. The minimum Gasteiger partial charge on any atom is -0.480 e. The van der Waals surface area contributed by atoms with Crippen LogP contribution in [0.1, 0.15) is 46.0 Å². The van der Waals surface area contributed by atoms with Gasteiger partial charge in [-0.3, -0.25) is 9.59 Å². The Labute approximate surface area is 118 Å². The fourth-order valence-electron chi connectivity index (χ4n) is 2.53. The van der Waals surface area contributed by atoms with Crippen LogP contribution in [0.15, 0.2) is 0 Å². The predicted octanol–water partition coefficient (Wildman–Crippen LogP) is 0.722. The van der Waals surface area contributed by atoms with Crippen molar-refractivity contribution in [2.45, 2.75) is 58.1 Å². The van der Waals surface area contributed by atoms with Crippen molar-refractivity contribution < 1.29 is 24.6 Å². The van der Waals surface area contributed by atoms with Gasteiger partial charge in [0.2, 0.25) is 5.91 Å². The summed E-state index contributed by atoms with van der Waals surface area (Å²) in [5.74, 6) is -2.05. The number of rotatable bonds is 6. The number of aliphatic hydroxyl groups is 1. The summed E-state index contributed by atoms with van der Waals surface area (Å²) in [6.45, 7) is 3.73. The van der Waals surface area contributed by atoms with Crippen LogP contribution in [0.4, 0.5) is 0 Å². The van der Waals surface area contributed by atoms with Crippen molar-refractivity contribution in [1.29, 1.82) is 0 Å². The number of nitrogens with one attached hydrogen (secondary N) is 1. The Balaban J connectivity index is 2.65. The van der Waals surface area contributed by atoms with Crippen molar-refractivity contribution in [1.82, 2.24) is 5.32 Å². The Kier molecular flexibility index (Phi) is 6.13. The fraction of sp³-hybridized carbons (Fsp3) is 0.786. The van der Waals surface area contributed by atoms with E-state index in [2.05, 4.69) is 5.32 Å². The standard InChI is InChI=1S/C14H23NO5/c1-8(2)6-11(17)13(18)15-12(14(19)20)9-4-3-5-10(16)7-9/h8-9,11-12,17H,3-7H2,1-2H3,(H,15,18)(H,19,20)/t9-,11-,12-/m1/s1. The molecule has 3 N–H and O–H groups in total. The third-order valence-electron chi connectivity index (χ3n) is 3.55. The first-order valence-corrected chi connectivity index (χ1v) is 7.04. The smallest absolute Gasteiger partial charge is 0.326 e. The van der Waals surface area contributed by atoms with Crippen molar-refractivity contribution >= 4 is 17.7 Å². The van der Waals surface area contributed by atoms with E-state index in [0.717, 1.165) is 0 Å². The number of aliphatic carboxylic acids is 1. The predicted molar refractivity (Wildman–Crippen MR) is 72.0 cm³/mol. The number of Topliss-reactive ketones (excluding diaryl/α,β-unsaturated/α-hetero) is 1. The van der Waals surface area contributed by atoms with Crippen LogP contribution in [-0.2, 0) is 14.4 Å². The minimum absolute atomic E-state index is 0.0319. The fourth-order valence-corrected chi connectivity index (χ4v) is 2.53. The molecule has 114 valence electrons. The van der Waals surface area contributed by atoms with E-state index < -0.39 is 24.0 Å². The molecule has 1 rings (SSSR count). The second-order valence-corrected chi connectivity index (χ2v) is 5.86. The Morgan fingerprint density at radius 2 is 2.05 bits per heavy atom. The number of carbonyl (C=O) groups is 3. The molecule has 20 heavy (non-hydrogen) atoms. The van der Waals surface area contributed by atoms with Gasteiger partial charge in [0.25, 0.3) is 0 Å². The summed E-state index contributed by atoms with van der Waals surface area (Å²) in [5, 5.41) is 21.3. The minimum atomic E-state index is -1.21. The van der Waals surface area contributed by atoms with Gasteiger partial charge in [-0.05, 0) is 31.1 Å². The van der Waals surface area contributed by atoms with Gasteiger partial charge in [-0.25, -0.2) is 4.79 Å². The number of aliphatic hydroxyl groups excluding tert-OH is 1. The molecule has 1 fully saturated rings. The maximum atomic E-state index is 11.8. The van der Waals surface area contributed by atoms with Gasteiger partial charge in [0, 0.05) is 12.8 Å². The second-order valence-electron chi connectivity index (χ2n) is 5.86. The van der Waals surface area contributed by atoms with Gasteiger partial charge in [-0.2, -0.15) is 0 Å². The van der Waals surface area contributed by atoms with E-state index in [1.165, 1.54) is 0 Å². The van der Waals surface area contributed by atoms with Crippen molar-refractivity contribution in [3.8, 4) is 0 Å². The molecule has 1 aliphatic carbocycles. The quantitative estimate of drug-likeness (QED) is 0.667. The summed E-state index contributed by atoms with van der Waals surface area (Å²) in [4.78, 5) is 34.5. The number of ketones is 1. The number of hydrogen-bond donors (Lipinski definition) is 3. The van der Waals surface area contributed by atoms with Crippen molar-refractivity contribution in [3.63, 3.8) is 0 Å². The van der Waals surface area contributed by atoms with E-state index >= 15 is 0 Å². The number of carboxylic acid groups (broad SMARTS) is 1. The van der Waals surface area contributed by atoms with E-state index in [1.807, 2.05) is 13.8 Å². The van der Waals surface area contributed by atoms with Crippen molar-refractivity contribution in [2.24, 2.45) is 11.8 Å². The lowest BCUT2D eigenvalue weighted by Crippen LogP contribution is -2.50. The highest BCUT2D eigenvalue weighted by atomic mass is 16.4. The van der Waals surface area contributed by atoms with Gasteiger partial charge in [0.1, 0.15) is 17.9 Å². The summed E-state index contributed by atoms with van der Waals surface area (Å²) < 4.78 is 0. The van der Waals surface area contributed by atoms with E-state index in [-0.39, 0.29) is 30.5 Å². The van der Waals surface area contributed by atoms with Crippen LogP contribution in [0.3, 0.4) is 0 Å². The summed E-state index contributed by atoms with van der Waals surface area (Å²) in [6.07, 6.45) is 0.976. The molecule has 0 saturated heterocycles. The van der Waals surface area contributed by atoms with E-state index in [1.54, 1.807) is 0 Å². The van der Waals surface area contributed by atoms with Gasteiger partial charge < -0.3 is 15.5 Å². The van der Waals surface area contributed by atoms with Gasteiger partial charge in [0.05, 0.1) is 0 Å². The maximum Gasteiger partial charge on any atom is 0.326 e. The molecular weight excluding hydrogens is 262 g/mol. The van der Waals surface area contributed by atoms with E-state index in [9.17, 15) is 24.6 Å². The third kappa shape index (κ3) is 4.92. The Hall–Kier alpha value is -1.43. The monoisotopic (exact) mass is 285 g/mol. The summed E-state index contributed by atoms with van der Waals surface area (Å²) in [7, 11) is 0. The van der Waals surface area contributed by atoms with Crippen molar-refractivity contribution in [2.75, 3.05) is 0 Å². The summed E-state index contributed by atoms with van der Waals surface area (Å²) >= 11 is 0. The highest BCUT2D eigenvalue weighted by Gasteiger charge is 2.34. The summed E-state index contributed by atoms with van der Waals surface area (Å²) in [5.41, 5.74) is 0. The lowest BCUT2D eigenvalue weighted by atomic mass is 9.83. The lowest BCUT2D eigenvalue weighted by Gasteiger charge is -2.28. The highest BCUT2D eigenvalue weighted by molar-refractivity contribution is 5.87. The molecular formula is C14H23NO5. The zero-order valence-electron chi connectivity index (χ0n) is 12.0. The van der Waals surface area contributed by atoms with Crippen LogP contribution in [0.25, 0.3) is 0 Å². The van der Waals surface area contributed by atoms with Crippen LogP contribution in [0.5, 0.6) is 0 Å². The van der Waals surface area contributed by atoms with Gasteiger partial charge in [0.15, 0.2) is 0 Å². The number of hydrogen-bond acceptors (Lipinski definition) is 4. The van der Waals surface area contributed by atoms with Crippen LogP contribution in [0.2, 0.25) is 0 Å². The molecule has 1 aliphatic rings. The second kappa shape index (κ2) is 7.38. The molecule has 0 bridgehead atoms. The molecule has 1 saturated carbocycles. The molecule has 0 aliphatic heterocycles. The van der Waals surface area contributed by atoms with Gasteiger partial charge in [-0.1, -0.05) is 13.8 Å². The highest BCUT2D eigenvalue weighted by Crippen LogP contribution is 2.24.